The molecule has 1 saturated carbocycles. The Morgan fingerprint density at radius 2 is 2.17 bits per heavy atom. The lowest BCUT2D eigenvalue weighted by Gasteiger charge is -2.29. The number of hydrogen-bond acceptors (Lipinski definition) is 3. The highest BCUT2D eigenvalue weighted by molar-refractivity contribution is 5.70. The van der Waals surface area contributed by atoms with E-state index in [9.17, 15) is 0 Å². The number of aromatic nitrogens is 3. The van der Waals surface area contributed by atoms with Crippen molar-refractivity contribution in [3.05, 3.63) is 30.9 Å². The molecule has 3 rings (SSSR count). The fourth-order valence-electron chi connectivity index (χ4n) is 2.57. The van der Waals surface area contributed by atoms with Gasteiger partial charge >= 0.3 is 0 Å². The molecule has 0 radical (unpaired) electrons. The molecule has 18 heavy (non-hydrogen) atoms. The van der Waals surface area contributed by atoms with Crippen LogP contribution in [0.4, 0.5) is 5.82 Å². The van der Waals surface area contributed by atoms with Gasteiger partial charge in [0.2, 0.25) is 0 Å². The normalized spacial score (nSPS) is 15.9. The Morgan fingerprint density at radius 1 is 1.39 bits per heavy atom. The fraction of sp³-hybridized carbons (Fsp3) is 0.429. The number of anilines is 1. The van der Waals surface area contributed by atoms with Crippen molar-refractivity contribution in [3.8, 4) is 11.3 Å². The van der Waals surface area contributed by atoms with Crippen molar-refractivity contribution >= 4 is 5.82 Å². The summed E-state index contributed by atoms with van der Waals surface area (Å²) in [6.45, 7) is 4.53. The minimum absolute atomic E-state index is 0.0914. The zero-order valence-electron chi connectivity index (χ0n) is 10.8. The molecule has 2 N–H and O–H groups in total. The number of hydrogen-bond donors (Lipinski definition) is 1. The third kappa shape index (κ3) is 1.68. The summed E-state index contributed by atoms with van der Waals surface area (Å²) in [5, 5.41) is 0. The molecule has 4 nitrogen and oxygen atoms in total. The molecule has 2 heterocycles. The summed E-state index contributed by atoms with van der Waals surface area (Å²) in [5.41, 5.74) is 8.07. The second kappa shape index (κ2) is 3.83. The number of pyridine rings is 1. The van der Waals surface area contributed by atoms with E-state index in [1.54, 1.807) is 6.20 Å². The minimum atomic E-state index is 0.0914. The second-order valence-corrected chi connectivity index (χ2v) is 5.51. The summed E-state index contributed by atoms with van der Waals surface area (Å²) in [7, 11) is 0. The molecule has 94 valence electrons. The standard InChI is InChI=1S/C14H18N4/c1-14(2,10-5-6-10)18-9-16-8-12(18)11-4-3-7-17-13(11)15/h3-4,7-10H,5-6H2,1-2H3,(H2,15,17). The van der Waals surface area contributed by atoms with Gasteiger partial charge < -0.3 is 10.3 Å². The Balaban J connectivity index is 2.10. The van der Waals surface area contributed by atoms with Gasteiger partial charge in [0.15, 0.2) is 0 Å². The van der Waals surface area contributed by atoms with Gasteiger partial charge in [0.05, 0.1) is 18.2 Å². The van der Waals surface area contributed by atoms with Crippen molar-refractivity contribution in [2.75, 3.05) is 5.73 Å². The van der Waals surface area contributed by atoms with Gasteiger partial charge in [-0.3, -0.25) is 0 Å². The summed E-state index contributed by atoms with van der Waals surface area (Å²) >= 11 is 0. The quantitative estimate of drug-likeness (QED) is 0.900. The maximum Gasteiger partial charge on any atom is 0.132 e. The summed E-state index contributed by atoms with van der Waals surface area (Å²) in [6, 6.07) is 3.91. The van der Waals surface area contributed by atoms with Crippen molar-refractivity contribution < 1.29 is 0 Å². The average molecular weight is 242 g/mol. The van der Waals surface area contributed by atoms with Gasteiger partial charge in [0.25, 0.3) is 0 Å². The summed E-state index contributed by atoms with van der Waals surface area (Å²) in [4.78, 5) is 8.45. The second-order valence-electron chi connectivity index (χ2n) is 5.51. The van der Waals surface area contributed by atoms with Crippen LogP contribution in [0.5, 0.6) is 0 Å². The SMILES string of the molecule is CC(C)(C1CC1)n1cncc1-c1cccnc1N. The lowest BCUT2D eigenvalue weighted by atomic mass is 9.97. The van der Waals surface area contributed by atoms with Gasteiger partial charge in [-0.05, 0) is 44.7 Å². The molecule has 0 saturated heterocycles. The van der Waals surface area contributed by atoms with Crippen molar-refractivity contribution in [2.24, 2.45) is 5.92 Å². The maximum atomic E-state index is 5.96. The van der Waals surface area contributed by atoms with Gasteiger partial charge in [0, 0.05) is 17.3 Å². The van der Waals surface area contributed by atoms with Crippen LogP contribution >= 0.6 is 0 Å². The number of rotatable bonds is 3. The van der Waals surface area contributed by atoms with Crippen molar-refractivity contribution in [1.29, 1.82) is 0 Å². The summed E-state index contributed by atoms with van der Waals surface area (Å²) in [6.07, 6.45) is 8.09. The minimum Gasteiger partial charge on any atom is -0.383 e. The van der Waals surface area contributed by atoms with E-state index in [1.807, 2.05) is 24.7 Å². The molecule has 0 aromatic carbocycles. The van der Waals surface area contributed by atoms with Crippen LogP contribution in [0, 0.1) is 5.92 Å². The van der Waals surface area contributed by atoms with E-state index in [-0.39, 0.29) is 5.54 Å². The number of nitrogen functional groups attached to an aromatic ring is 1. The zero-order valence-corrected chi connectivity index (χ0v) is 10.8. The first-order valence-corrected chi connectivity index (χ1v) is 6.34. The molecule has 0 bridgehead atoms. The fourth-order valence-corrected chi connectivity index (χ4v) is 2.57. The van der Waals surface area contributed by atoms with Crippen LogP contribution < -0.4 is 5.73 Å². The average Bonchev–Trinajstić information content (AvgIpc) is 3.09. The lowest BCUT2D eigenvalue weighted by Crippen LogP contribution is -2.28. The highest BCUT2D eigenvalue weighted by atomic mass is 15.1. The van der Waals surface area contributed by atoms with Gasteiger partial charge in [-0.15, -0.1) is 0 Å². The van der Waals surface area contributed by atoms with Gasteiger partial charge in [-0.1, -0.05) is 0 Å². The molecule has 4 heteroatoms. The van der Waals surface area contributed by atoms with E-state index in [1.165, 1.54) is 12.8 Å². The predicted molar refractivity (Wildman–Crippen MR) is 71.9 cm³/mol. The third-order valence-corrected chi connectivity index (χ3v) is 3.95. The molecule has 0 atom stereocenters. The molecule has 2 aromatic heterocycles. The van der Waals surface area contributed by atoms with Crippen LogP contribution in [-0.4, -0.2) is 14.5 Å². The van der Waals surface area contributed by atoms with E-state index >= 15 is 0 Å². The van der Waals surface area contributed by atoms with Crippen molar-refractivity contribution in [3.63, 3.8) is 0 Å². The first kappa shape index (κ1) is 11.3. The Bertz CT molecular complexity index is 567. The molecule has 0 amide bonds. The summed E-state index contributed by atoms with van der Waals surface area (Å²) in [5.74, 6) is 1.30. The van der Waals surface area contributed by atoms with E-state index in [2.05, 4.69) is 28.4 Å². The first-order chi connectivity index (χ1) is 8.60. The Morgan fingerprint density at radius 3 is 2.83 bits per heavy atom. The van der Waals surface area contributed by atoms with Crippen LogP contribution in [0.1, 0.15) is 26.7 Å². The molecule has 1 aliphatic carbocycles. The highest BCUT2D eigenvalue weighted by Gasteiger charge is 2.40. The van der Waals surface area contributed by atoms with Gasteiger partial charge in [-0.2, -0.15) is 0 Å². The molecule has 0 unspecified atom stereocenters. The number of nitrogens with zero attached hydrogens (tertiary/aromatic N) is 3. The van der Waals surface area contributed by atoms with Crippen LogP contribution in [0.3, 0.4) is 0 Å². The van der Waals surface area contributed by atoms with E-state index in [0.29, 0.717) is 5.82 Å². The maximum absolute atomic E-state index is 5.96. The molecular formula is C14H18N4. The van der Waals surface area contributed by atoms with E-state index in [4.69, 9.17) is 5.73 Å². The van der Waals surface area contributed by atoms with Crippen LogP contribution in [0.15, 0.2) is 30.9 Å². The number of imidazole rings is 1. The van der Waals surface area contributed by atoms with Crippen LogP contribution in [-0.2, 0) is 5.54 Å². The van der Waals surface area contributed by atoms with Gasteiger partial charge in [-0.25, -0.2) is 9.97 Å². The van der Waals surface area contributed by atoms with Crippen molar-refractivity contribution in [2.45, 2.75) is 32.2 Å². The predicted octanol–water partition coefficient (Wildman–Crippen LogP) is 2.67. The zero-order chi connectivity index (χ0) is 12.8. The number of nitrogens with two attached hydrogens (primary N) is 1. The smallest absolute Gasteiger partial charge is 0.132 e. The van der Waals surface area contributed by atoms with Crippen LogP contribution in [0.25, 0.3) is 11.3 Å². The summed E-state index contributed by atoms with van der Waals surface area (Å²) < 4.78 is 2.23. The van der Waals surface area contributed by atoms with Gasteiger partial charge in [0.1, 0.15) is 5.82 Å². The Labute approximate surface area is 107 Å². The van der Waals surface area contributed by atoms with Crippen LogP contribution in [0.2, 0.25) is 0 Å². The van der Waals surface area contributed by atoms with E-state index < -0.39 is 0 Å². The molecular weight excluding hydrogens is 224 g/mol. The highest BCUT2D eigenvalue weighted by Crippen LogP contribution is 2.45. The largest absolute Gasteiger partial charge is 0.383 e. The Hall–Kier alpha value is -1.84. The molecule has 0 aliphatic heterocycles. The van der Waals surface area contributed by atoms with Crippen molar-refractivity contribution in [1.82, 2.24) is 14.5 Å². The third-order valence-electron chi connectivity index (χ3n) is 3.95. The molecule has 2 aromatic rings. The first-order valence-electron chi connectivity index (χ1n) is 6.34. The topological polar surface area (TPSA) is 56.7 Å². The monoisotopic (exact) mass is 242 g/mol. The molecule has 0 spiro atoms. The Kier molecular flexibility index (Phi) is 2.40. The van der Waals surface area contributed by atoms with E-state index in [0.717, 1.165) is 17.2 Å². The molecule has 1 aliphatic rings. The lowest BCUT2D eigenvalue weighted by molar-refractivity contribution is 0.307. The molecule has 1 fully saturated rings.